The molecule has 0 spiro atoms. The number of aliphatic hydroxyl groups excluding tert-OH is 2. The molecule has 2 amide bonds. The molecule has 2 aromatic heterocycles. The second-order valence-electron chi connectivity index (χ2n) is 10.1. The fraction of sp³-hybridized carbons (Fsp3) is 0.259. The van der Waals surface area contributed by atoms with Crippen LogP contribution in [-0.2, 0) is 10.5 Å². The Labute approximate surface area is 198 Å². The van der Waals surface area contributed by atoms with Crippen LogP contribution >= 0.6 is 0 Å². The number of fused-ring (bicyclic) bond motifs is 13. The fourth-order valence-corrected chi connectivity index (χ4v) is 6.83. The van der Waals surface area contributed by atoms with Gasteiger partial charge in [0, 0.05) is 27.5 Å². The molecule has 5 atom stereocenters. The molecule has 3 aliphatic rings. The Hall–Kier alpha value is -3.72. The van der Waals surface area contributed by atoms with Crippen molar-refractivity contribution in [1.29, 1.82) is 0 Å². The number of benzene rings is 3. The third-order valence-electron chi connectivity index (χ3n) is 8.38. The molecule has 8 nitrogen and oxygen atoms in total. The average molecular weight is 467 g/mol. The number of hydrogen-bond acceptors (Lipinski definition) is 5. The Bertz CT molecular complexity index is 1830. The lowest BCUT2D eigenvalue weighted by atomic mass is 9.86. The number of nitrogens with zero attached hydrogens (tertiary/aromatic N) is 2. The first-order valence-electron chi connectivity index (χ1n) is 11.8. The van der Waals surface area contributed by atoms with Gasteiger partial charge >= 0.3 is 0 Å². The summed E-state index contributed by atoms with van der Waals surface area (Å²) in [5.74, 6) is -1.36. The Morgan fingerprint density at radius 1 is 0.886 bits per heavy atom. The maximum Gasteiger partial charge on any atom is 0.259 e. The van der Waals surface area contributed by atoms with Crippen molar-refractivity contribution in [3.05, 3.63) is 59.7 Å². The summed E-state index contributed by atoms with van der Waals surface area (Å²) in [4.78, 5) is 26.5. The molecule has 1 fully saturated rings. The summed E-state index contributed by atoms with van der Waals surface area (Å²) in [7, 11) is 0. The number of carbonyl (C=O) groups excluding carboxylic acids is 2. The number of para-hydroxylation sites is 2. The molecule has 35 heavy (non-hydrogen) atoms. The molecule has 0 radical (unpaired) electrons. The molecule has 0 saturated carbocycles. The maximum atomic E-state index is 13.2. The monoisotopic (exact) mass is 467 g/mol. The number of aliphatic hydroxyl groups is 2. The summed E-state index contributed by atoms with van der Waals surface area (Å²) < 4.78 is 10.6. The largest absolute Gasteiger partial charge is 0.388 e. The molecule has 8 rings (SSSR count). The first-order chi connectivity index (χ1) is 16.8. The van der Waals surface area contributed by atoms with Gasteiger partial charge in [-0.25, -0.2) is 0 Å². The molecule has 3 aliphatic heterocycles. The summed E-state index contributed by atoms with van der Waals surface area (Å²) in [6.45, 7) is 3.65. The van der Waals surface area contributed by atoms with Gasteiger partial charge in [0.15, 0.2) is 12.0 Å². The van der Waals surface area contributed by atoms with E-state index in [1.807, 2.05) is 71.5 Å². The third kappa shape index (κ3) is 1.96. The van der Waals surface area contributed by atoms with Crippen LogP contribution in [0.2, 0.25) is 0 Å². The molecule has 5 aromatic rings. The molecule has 0 unspecified atom stereocenters. The summed E-state index contributed by atoms with van der Waals surface area (Å²) in [5, 5.41) is 28.3. The summed E-state index contributed by atoms with van der Waals surface area (Å²) in [5.41, 5.74) is 2.47. The second kappa shape index (κ2) is 5.91. The van der Waals surface area contributed by atoms with Crippen LogP contribution in [0.5, 0.6) is 0 Å². The Morgan fingerprint density at radius 3 is 2.14 bits per heavy atom. The second-order valence-corrected chi connectivity index (χ2v) is 10.1. The van der Waals surface area contributed by atoms with E-state index in [1.165, 1.54) is 0 Å². The zero-order chi connectivity index (χ0) is 24.0. The number of carbonyl (C=O) groups is 2. The van der Waals surface area contributed by atoms with Gasteiger partial charge in [-0.2, -0.15) is 0 Å². The lowest BCUT2D eigenvalue weighted by Gasteiger charge is -2.48. The van der Waals surface area contributed by atoms with Crippen LogP contribution in [-0.4, -0.2) is 43.4 Å². The van der Waals surface area contributed by atoms with Crippen molar-refractivity contribution in [3.8, 4) is 0 Å². The van der Waals surface area contributed by atoms with E-state index in [0.29, 0.717) is 27.4 Å². The normalized spacial score (nSPS) is 29.5. The Morgan fingerprint density at radius 2 is 1.46 bits per heavy atom. The Kier molecular flexibility index (Phi) is 3.30. The highest BCUT2D eigenvalue weighted by Crippen LogP contribution is 2.54. The summed E-state index contributed by atoms with van der Waals surface area (Å²) in [6, 6.07) is 15.3. The summed E-state index contributed by atoms with van der Waals surface area (Å²) in [6.07, 6.45) is -2.82. The van der Waals surface area contributed by atoms with Crippen molar-refractivity contribution < 1.29 is 24.5 Å². The Balaban J connectivity index is 1.78. The standard InChI is InChI=1S/C27H21N3O5/c1-11-22(31)26-29-14-9-5-3-7-12(14)16-18-19(25(34)28-24(18)33)17-13-8-4-6-10-15(13)30(21(17)20(16)29)27(2,35-26)23(11)32/h3-11,22-23,26,31-32H,1-2H3,(H,28,33,34)/t11-,22+,23+,26+,27-/m0/s1. The van der Waals surface area contributed by atoms with E-state index in [4.69, 9.17) is 4.74 Å². The van der Waals surface area contributed by atoms with Gasteiger partial charge in [0.25, 0.3) is 11.8 Å². The van der Waals surface area contributed by atoms with E-state index in [2.05, 4.69) is 5.32 Å². The van der Waals surface area contributed by atoms with Crippen LogP contribution < -0.4 is 5.32 Å². The number of aromatic nitrogens is 2. The number of ether oxygens (including phenoxy) is 1. The van der Waals surface area contributed by atoms with Crippen LogP contribution in [0, 0.1) is 5.92 Å². The molecular formula is C27H21N3O5. The minimum absolute atomic E-state index is 0.346. The van der Waals surface area contributed by atoms with Gasteiger partial charge in [-0.15, -0.1) is 0 Å². The number of nitrogens with one attached hydrogen (secondary N) is 1. The van der Waals surface area contributed by atoms with Crippen molar-refractivity contribution in [2.45, 2.75) is 38.0 Å². The topological polar surface area (TPSA) is 106 Å². The van der Waals surface area contributed by atoms with Gasteiger partial charge in [0.2, 0.25) is 0 Å². The molecule has 2 bridgehead atoms. The molecule has 3 N–H and O–H groups in total. The van der Waals surface area contributed by atoms with Gasteiger partial charge in [-0.1, -0.05) is 43.3 Å². The van der Waals surface area contributed by atoms with Gasteiger partial charge in [-0.05, 0) is 19.1 Å². The van der Waals surface area contributed by atoms with E-state index in [1.54, 1.807) is 0 Å². The molecule has 5 heterocycles. The van der Waals surface area contributed by atoms with E-state index < -0.39 is 41.9 Å². The number of amides is 2. The SMILES string of the molecule is C[C@H]1[C@@H](O)[C@H]2O[C@@](C)([C@@H]1O)n1c3ccccc3c3c4c(c5c6ccccc6n2c5c31)C(=O)NC4=O. The predicted octanol–water partition coefficient (Wildman–Crippen LogP) is 3.36. The van der Waals surface area contributed by atoms with Crippen LogP contribution in [0.15, 0.2) is 48.5 Å². The maximum absolute atomic E-state index is 13.2. The molecule has 174 valence electrons. The van der Waals surface area contributed by atoms with E-state index >= 15 is 0 Å². The van der Waals surface area contributed by atoms with E-state index in [0.717, 1.165) is 27.3 Å². The highest BCUT2D eigenvalue weighted by molar-refractivity contribution is 6.39. The van der Waals surface area contributed by atoms with Crippen LogP contribution in [0.3, 0.4) is 0 Å². The third-order valence-corrected chi connectivity index (χ3v) is 8.38. The first kappa shape index (κ1) is 19.6. The molecule has 0 aliphatic carbocycles. The van der Waals surface area contributed by atoms with Crippen molar-refractivity contribution >= 4 is 55.4 Å². The van der Waals surface area contributed by atoms with Crippen molar-refractivity contribution in [2.75, 3.05) is 0 Å². The fourth-order valence-electron chi connectivity index (χ4n) is 6.83. The minimum Gasteiger partial charge on any atom is -0.388 e. The smallest absolute Gasteiger partial charge is 0.259 e. The van der Waals surface area contributed by atoms with Crippen LogP contribution in [0.25, 0.3) is 43.6 Å². The molecule has 1 saturated heterocycles. The van der Waals surface area contributed by atoms with Crippen LogP contribution in [0.4, 0.5) is 0 Å². The molecule has 8 heteroatoms. The van der Waals surface area contributed by atoms with E-state index in [-0.39, 0.29) is 0 Å². The van der Waals surface area contributed by atoms with Crippen LogP contribution in [0.1, 0.15) is 40.8 Å². The summed E-state index contributed by atoms with van der Waals surface area (Å²) >= 11 is 0. The van der Waals surface area contributed by atoms with Gasteiger partial charge in [-0.3, -0.25) is 14.9 Å². The van der Waals surface area contributed by atoms with Crippen molar-refractivity contribution in [3.63, 3.8) is 0 Å². The van der Waals surface area contributed by atoms with E-state index in [9.17, 15) is 19.8 Å². The number of rotatable bonds is 0. The van der Waals surface area contributed by atoms with Crippen molar-refractivity contribution in [2.24, 2.45) is 5.92 Å². The minimum atomic E-state index is -1.23. The predicted molar refractivity (Wildman–Crippen MR) is 129 cm³/mol. The average Bonchev–Trinajstić information content (AvgIpc) is 3.45. The molecular weight excluding hydrogens is 446 g/mol. The van der Waals surface area contributed by atoms with Gasteiger partial charge in [0.05, 0.1) is 33.2 Å². The highest BCUT2D eigenvalue weighted by Gasteiger charge is 2.55. The number of hydrogen-bond donors (Lipinski definition) is 3. The molecule has 3 aromatic carbocycles. The zero-order valence-electron chi connectivity index (χ0n) is 18.9. The zero-order valence-corrected chi connectivity index (χ0v) is 18.9. The lowest BCUT2D eigenvalue weighted by molar-refractivity contribution is -0.294. The number of imide groups is 1. The van der Waals surface area contributed by atoms with Gasteiger partial charge < -0.3 is 24.1 Å². The van der Waals surface area contributed by atoms with Gasteiger partial charge in [0.1, 0.15) is 12.2 Å². The quantitative estimate of drug-likeness (QED) is 0.303. The van der Waals surface area contributed by atoms with Crippen molar-refractivity contribution in [1.82, 2.24) is 14.5 Å². The first-order valence-corrected chi connectivity index (χ1v) is 11.8. The highest BCUT2D eigenvalue weighted by atomic mass is 16.6. The lowest BCUT2D eigenvalue weighted by Crippen LogP contribution is -2.57.